The Hall–Kier alpha value is -1.95. The van der Waals surface area contributed by atoms with E-state index >= 15 is 0 Å². The number of likely N-dealkylation sites (tertiary alicyclic amines) is 1. The van der Waals surface area contributed by atoms with Crippen LogP contribution >= 0.6 is 0 Å². The second-order valence-corrected chi connectivity index (χ2v) is 6.35. The molecular formula is C15H18N4O2. The number of carbonyl (C=O) groups is 1. The maximum absolute atomic E-state index is 12.6. The zero-order valence-corrected chi connectivity index (χ0v) is 12.2. The van der Waals surface area contributed by atoms with E-state index in [0.29, 0.717) is 24.6 Å². The Morgan fingerprint density at radius 2 is 2.10 bits per heavy atom. The first-order valence-electron chi connectivity index (χ1n) is 7.31. The number of aliphatic hydroxyl groups is 1. The summed E-state index contributed by atoms with van der Waals surface area (Å²) >= 11 is 0. The van der Waals surface area contributed by atoms with Gasteiger partial charge in [-0.3, -0.25) is 4.79 Å². The van der Waals surface area contributed by atoms with Gasteiger partial charge in [0.1, 0.15) is 5.60 Å². The standard InChI is InChI=1S/C15H18N4O2/c1-9-5-13-16-6-12(10(2)19(13)17-9)14(20)18-7-15(21,8-18)11-3-4-11/h5-6,11,21H,3-4,7-8H2,1-2H3. The van der Waals surface area contributed by atoms with Crippen molar-refractivity contribution in [1.29, 1.82) is 0 Å². The van der Waals surface area contributed by atoms with Gasteiger partial charge in [-0.05, 0) is 32.6 Å². The molecule has 6 heteroatoms. The quantitative estimate of drug-likeness (QED) is 0.892. The van der Waals surface area contributed by atoms with Gasteiger partial charge in [0.05, 0.1) is 30.0 Å². The summed E-state index contributed by atoms with van der Waals surface area (Å²) in [6.45, 7) is 4.65. The Morgan fingerprint density at radius 1 is 1.38 bits per heavy atom. The van der Waals surface area contributed by atoms with E-state index in [4.69, 9.17) is 0 Å². The summed E-state index contributed by atoms with van der Waals surface area (Å²) in [5.74, 6) is 0.317. The molecule has 6 nitrogen and oxygen atoms in total. The Balaban J connectivity index is 1.61. The van der Waals surface area contributed by atoms with Crippen molar-refractivity contribution < 1.29 is 9.90 Å². The van der Waals surface area contributed by atoms with Crippen LogP contribution in [0.1, 0.15) is 34.6 Å². The third-order valence-corrected chi connectivity index (χ3v) is 4.63. The Labute approximate surface area is 122 Å². The highest BCUT2D eigenvalue weighted by Crippen LogP contribution is 2.44. The fraction of sp³-hybridized carbons (Fsp3) is 0.533. The van der Waals surface area contributed by atoms with E-state index in [2.05, 4.69) is 10.1 Å². The van der Waals surface area contributed by atoms with Gasteiger partial charge in [0.2, 0.25) is 0 Å². The third-order valence-electron chi connectivity index (χ3n) is 4.63. The van der Waals surface area contributed by atoms with Crippen molar-refractivity contribution in [3.05, 3.63) is 29.2 Å². The van der Waals surface area contributed by atoms with Gasteiger partial charge in [-0.15, -0.1) is 0 Å². The van der Waals surface area contributed by atoms with Crippen molar-refractivity contribution in [3.8, 4) is 0 Å². The van der Waals surface area contributed by atoms with Crippen LogP contribution in [-0.4, -0.2) is 49.2 Å². The lowest BCUT2D eigenvalue weighted by Gasteiger charge is -2.47. The number of carbonyl (C=O) groups excluding carboxylic acids is 1. The normalized spacial score (nSPS) is 20.6. The van der Waals surface area contributed by atoms with E-state index in [1.54, 1.807) is 15.6 Å². The van der Waals surface area contributed by atoms with Gasteiger partial charge in [-0.2, -0.15) is 5.10 Å². The van der Waals surface area contributed by atoms with Crippen LogP contribution < -0.4 is 0 Å². The number of β-amino-alcohol motifs (C(OH)–C–C–N with tert-alkyl or cyclic N) is 1. The van der Waals surface area contributed by atoms with Crippen LogP contribution in [-0.2, 0) is 0 Å². The van der Waals surface area contributed by atoms with Crippen molar-refractivity contribution in [1.82, 2.24) is 19.5 Å². The van der Waals surface area contributed by atoms with Gasteiger partial charge < -0.3 is 10.0 Å². The largest absolute Gasteiger partial charge is 0.386 e. The van der Waals surface area contributed by atoms with Crippen LogP contribution in [0.2, 0.25) is 0 Å². The van der Waals surface area contributed by atoms with Crippen LogP contribution in [0.4, 0.5) is 0 Å². The number of aromatic nitrogens is 3. The molecule has 21 heavy (non-hydrogen) atoms. The minimum Gasteiger partial charge on any atom is -0.386 e. The van der Waals surface area contributed by atoms with Gasteiger partial charge in [0.15, 0.2) is 5.65 Å². The fourth-order valence-corrected chi connectivity index (χ4v) is 3.18. The molecule has 0 atom stereocenters. The molecule has 1 aliphatic carbocycles. The molecule has 110 valence electrons. The van der Waals surface area contributed by atoms with Gasteiger partial charge in [0, 0.05) is 12.3 Å². The van der Waals surface area contributed by atoms with E-state index in [1.807, 2.05) is 19.9 Å². The Kier molecular flexibility index (Phi) is 2.45. The Morgan fingerprint density at radius 3 is 2.76 bits per heavy atom. The summed E-state index contributed by atoms with van der Waals surface area (Å²) in [6.07, 6.45) is 3.78. The molecule has 1 N–H and O–H groups in total. The molecule has 2 aromatic rings. The highest BCUT2D eigenvalue weighted by molar-refractivity contribution is 5.96. The average Bonchev–Trinajstić information content (AvgIpc) is 3.18. The molecule has 1 amide bonds. The third kappa shape index (κ3) is 1.86. The number of hydrogen-bond donors (Lipinski definition) is 1. The Bertz CT molecular complexity index is 741. The van der Waals surface area contributed by atoms with Gasteiger partial charge in [-0.1, -0.05) is 0 Å². The van der Waals surface area contributed by atoms with Gasteiger partial charge in [-0.25, -0.2) is 9.50 Å². The lowest BCUT2D eigenvalue weighted by Crippen LogP contribution is -2.64. The summed E-state index contributed by atoms with van der Waals surface area (Å²) in [7, 11) is 0. The molecule has 2 aliphatic rings. The minimum atomic E-state index is -0.649. The number of amides is 1. The van der Waals surface area contributed by atoms with Crippen molar-refractivity contribution >= 4 is 11.6 Å². The molecule has 0 aromatic carbocycles. The smallest absolute Gasteiger partial charge is 0.257 e. The van der Waals surface area contributed by atoms with E-state index in [1.165, 1.54) is 0 Å². The number of fused-ring (bicyclic) bond motifs is 1. The number of aryl methyl sites for hydroxylation is 2. The second kappa shape index (κ2) is 4.04. The van der Waals surface area contributed by atoms with Crippen LogP contribution in [0.25, 0.3) is 5.65 Å². The maximum Gasteiger partial charge on any atom is 0.257 e. The molecule has 0 unspecified atom stereocenters. The summed E-state index contributed by atoms with van der Waals surface area (Å²) in [5.41, 5.74) is 2.33. The summed E-state index contributed by atoms with van der Waals surface area (Å²) < 4.78 is 1.70. The summed E-state index contributed by atoms with van der Waals surface area (Å²) in [4.78, 5) is 18.6. The maximum atomic E-state index is 12.6. The fourth-order valence-electron chi connectivity index (χ4n) is 3.18. The van der Waals surface area contributed by atoms with E-state index in [9.17, 15) is 9.90 Å². The molecule has 1 aliphatic heterocycles. The molecule has 2 fully saturated rings. The highest BCUT2D eigenvalue weighted by atomic mass is 16.3. The second-order valence-electron chi connectivity index (χ2n) is 6.35. The lowest BCUT2D eigenvalue weighted by atomic mass is 9.88. The molecule has 1 saturated carbocycles. The van der Waals surface area contributed by atoms with E-state index in [-0.39, 0.29) is 5.91 Å². The summed E-state index contributed by atoms with van der Waals surface area (Å²) in [6, 6.07) is 1.89. The first-order valence-corrected chi connectivity index (χ1v) is 7.31. The zero-order valence-electron chi connectivity index (χ0n) is 12.2. The summed E-state index contributed by atoms with van der Waals surface area (Å²) in [5, 5.41) is 14.7. The van der Waals surface area contributed by atoms with Crippen LogP contribution in [0.3, 0.4) is 0 Å². The minimum absolute atomic E-state index is 0.0691. The van der Waals surface area contributed by atoms with Crippen molar-refractivity contribution in [2.45, 2.75) is 32.3 Å². The van der Waals surface area contributed by atoms with E-state index < -0.39 is 5.60 Å². The predicted octanol–water partition coefficient (Wildman–Crippen LogP) is 0.943. The van der Waals surface area contributed by atoms with Crippen LogP contribution in [0, 0.1) is 19.8 Å². The lowest BCUT2D eigenvalue weighted by molar-refractivity contribution is -0.0958. The van der Waals surface area contributed by atoms with Crippen molar-refractivity contribution in [2.24, 2.45) is 5.92 Å². The molecule has 3 heterocycles. The molecule has 0 radical (unpaired) electrons. The monoisotopic (exact) mass is 286 g/mol. The van der Waals surface area contributed by atoms with Gasteiger partial charge in [0.25, 0.3) is 5.91 Å². The average molecular weight is 286 g/mol. The molecule has 2 aromatic heterocycles. The zero-order chi connectivity index (χ0) is 14.8. The van der Waals surface area contributed by atoms with Crippen LogP contribution in [0.5, 0.6) is 0 Å². The number of hydrogen-bond acceptors (Lipinski definition) is 4. The highest BCUT2D eigenvalue weighted by Gasteiger charge is 2.53. The first kappa shape index (κ1) is 12.8. The SMILES string of the molecule is Cc1cc2ncc(C(=O)N3CC(O)(C4CC4)C3)c(C)n2n1. The predicted molar refractivity (Wildman–Crippen MR) is 76.0 cm³/mol. The number of rotatable bonds is 2. The topological polar surface area (TPSA) is 70.7 Å². The molecule has 4 rings (SSSR count). The van der Waals surface area contributed by atoms with Crippen molar-refractivity contribution in [2.75, 3.05) is 13.1 Å². The van der Waals surface area contributed by atoms with E-state index in [0.717, 1.165) is 29.9 Å². The van der Waals surface area contributed by atoms with Crippen LogP contribution in [0.15, 0.2) is 12.3 Å². The first-order chi connectivity index (χ1) is 9.98. The molecule has 1 saturated heterocycles. The number of nitrogens with zero attached hydrogens (tertiary/aromatic N) is 4. The molecular weight excluding hydrogens is 268 g/mol. The van der Waals surface area contributed by atoms with Crippen molar-refractivity contribution in [3.63, 3.8) is 0 Å². The molecule has 0 bridgehead atoms. The van der Waals surface area contributed by atoms with Gasteiger partial charge >= 0.3 is 0 Å². The molecule has 0 spiro atoms.